The van der Waals surface area contributed by atoms with Gasteiger partial charge < -0.3 is 29.7 Å². The van der Waals surface area contributed by atoms with Crippen molar-refractivity contribution >= 4 is 39.6 Å². The Bertz CT molecular complexity index is 1100. The van der Waals surface area contributed by atoms with Gasteiger partial charge in [-0.05, 0) is 44.9 Å². The molecule has 4 aliphatic rings. The number of allylic oxidation sites excluding steroid dienone is 1. The average molecular weight is 681 g/mol. The topological polar surface area (TPSA) is 125 Å². The van der Waals surface area contributed by atoms with Crippen molar-refractivity contribution in [2.45, 2.75) is 119 Å². The normalized spacial score (nSPS) is 31.0. The molecule has 4 rings (SSSR count). The molecule has 1 saturated carbocycles. The van der Waals surface area contributed by atoms with E-state index in [1.807, 2.05) is 18.7 Å². The zero-order valence-electron chi connectivity index (χ0n) is 26.4. The number of carbonyl (C=O) groups excluding carboxylic acids is 4. The summed E-state index contributed by atoms with van der Waals surface area (Å²) in [6.45, 7) is 13.4. The van der Waals surface area contributed by atoms with E-state index in [-0.39, 0.29) is 47.7 Å². The van der Waals surface area contributed by atoms with E-state index in [0.29, 0.717) is 32.2 Å². The maximum absolute atomic E-state index is 14.8. The molecule has 8 atom stereocenters. The lowest BCUT2D eigenvalue weighted by Crippen LogP contribution is -2.60. The monoisotopic (exact) mass is 679 g/mol. The van der Waals surface area contributed by atoms with Gasteiger partial charge >= 0.3 is 5.97 Å². The number of halogens is 1. The van der Waals surface area contributed by atoms with Gasteiger partial charge in [0.05, 0.1) is 37.1 Å². The van der Waals surface area contributed by atoms with Gasteiger partial charge in [0.2, 0.25) is 17.7 Å². The summed E-state index contributed by atoms with van der Waals surface area (Å²) < 4.78 is 12.5. The van der Waals surface area contributed by atoms with E-state index in [1.165, 1.54) is 0 Å². The summed E-state index contributed by atoms with van der Waals surface area (Å²) in [5, 5.41) is 13.3. The fraction of sp³-hybridized carbons (Fsp3) is 0.758. The summed E-state index contributed by atoms with van der Waals surface area (Å²) in [5.41, 5.74) is -1.24. The zero-order chi connectivity index (χ0) is 32.2. The molecule has 44 heavy (non-hydrogen) atoms. The Labute approximate surface area is 270 Å². The highest BCUT2D eigenvalue weighted by atomic mass is 79.9. The summed E-state index contributed by atoms with van der Waals surface area (Å²) in [6, 6.07) is -1.56. The van der Waals surface area contributed by atoms with E-state index in [2.05, 4.69) is 34.4 Å². The highest BCUT2D eigenvalue weighted by molar-refractivity contribution is 9.09. The van der Waals surface area contributed by atoms with E-state index in [0.717, 1.165) is 32.1 Å². The van der Waals surface area contributed by atoms with Gasteiger partial charge in [0.15, 0.2) is 0 Å². The smallest absolute Gasteiger partial charge is 0.312 e. The number of nitrogens with zero attached hydrogens (tertiary/aromatic N) is 2. The Kier molecular flexibility index (Phi) is 11.7. The van der Waals surface area contributed by atoms with Crippen LogP contribution in [-0.2, 0) is 28.7 Å². The van der Waals surface area contributed by atoms with Gasteiger partial charge in [-0.25, -0.2) is 0 Å². The van der Waals surface area contributed by atoms with Crippen LogP contribution in [0.4, 0.5) is 0 Å². The summed E-state index contributed by atoms with van der Waals surface area (Å²) in [6.07, 6.45) is 8.78. The van der Waals surface area contributed by atoms with E-state index >= 15 is 0 Å². The third kappa shape index (κ3) is 6.79. The highest BCUT2D eigenvalue weighted by Gasteiger charge is 2.77. The van der Waals surface area contributed by atoms with Crippen LogP contribution in [0.25, 0.3) is 0 Å². The first-order valence-corrected chi connectivity index (χ1v) is 17.2. The van der Waals surface area contributed by atoms with Gasteiger partial charge in [0.1, 0.15) is 17.7 Å². The van der Waals surface area contributed by atoms with Crippen LogP contribution in [-0.4, -0.2) is 99.1 Å². The van der Waals surface area contributed by atoms with Crippen molar-refractivity contribution in [3.8, 4) is 0 Å². The largest absolute Gasteiger partial charge is 0.460 e. The van der Waals surface area contributed by atoms with Crippen molar-refractivity contribution in [3.05, 3.63) is 25.3 Å². The highest BCUT2D eigenvalue weighted by Crippen LogP contribution is 2.61. The van der Waals surface area contributed by atoms with Crippen LogP contribution in [0, 0.1) is 17.8 Å². The van der Waals surface area contributed by atoms with Gasteiger partial charge in [-0.1, -0.05) is 61.2 Å². The van der Waals surface area contributed by atoms with E-state index in [1.54, 1.807) is 24.0 Å². The molecule has 3 aliphatic heterocycles. The minimum Gasteiger partial charge on any atom is -0.460 e. The molecule has 1 aliphatic carbocycles. The molecular weight excluding hydrogens is 630 g/mol. The van der Waals surface area contributed by atoms with Crippen LogP contribution in [0.15, 0.2) is 25.3 Å². The predicted molar refractivity (Wildman–Crippen MR) is 170 cm³/mol. The Morgan fingerprint density at radius 2 is 1.91 bits per heavy atom. The number of esters is 1. The number of ether oxygens (including phenoxy) is 2. The van der Waals surface area contributed by atoms with Crippen LogP contribution in [0.5, 0.6) is 0 Å². The number of aliphatic hydroxyl groups is 1. The minimum absolute atomic E-state index is 0.0287. The van der Waals surface area contributed by atoms with Gasteiger partial charge in [-0.3, -0.25) is 19.2 Å². The predicted octanol–water partition coefficient (Wildman–Crippen LogP) is 3.50. The second kappa shape index (κ2) is 14.9. The molecule has 0 aromatic heterocycles. The lowest BCUT2D eigenvalue weighted by Gasteiger charge is -2.42. The van der Waals surface area contributed by atoms with Crippen molar-refractivity contribution in [2.75, 3.05) is 19.7 Å². The molecule has 3 amide bonds. The van der Waals surface area contributed by atoms with Crippen LogP contribution in [0.2, 0.25) is 0 Å². The van der Waals surface area contributed by atoms with Crippen molar-refractivity contribution < 1.29 is 33.8 Å². The van der Waals surface area contributed by atoms with Gasteiger partial charge in [-0.2, -0.15) is 0 Å². The van der Waals surface area contributed by atoms with Crippen molar-refractivity contribution in [2.24, 2.45) is 17.8 Å². The second-order valence-corrected chi connectivity index (χ2v) is 14.5. The molecule has 246 valence electrons. The lowest BCUT2D eigenvalue weighted by molar-refractivity contribution is -0.160. The molecule has 0 aromatic rings. The molecule has 3 saturated heterocycles. The average Bonchev–Trinajstić information content (AvgIpc) is 3.59. The van der Waals surface area contributed by atoms with E-state index < -0.39 is 47.7 Å². The molecule has 3 heterocycles. The first-order valence-electron chi connectivity index (χ1n) is 16.2. The second-order valence-electron chi connectivity index (χ2n) is 13.3. The fourth-order valence-corrected chi connectivity index (χ4v) is 8.78. The molecule has 2 bridgehead atoms. The quantitative estimate of drug-likeness (QED) is 0.154. The molecule has 4 fully saturated rings. The van der Waals surface area contributed by atoms with Crippen LogP contribution in [0.3, 0.4) is 0 Å². The van der Waals surface area contributed by atoms with Crippen LogP contribution < -0.4 is 5.32 Å². The molecule has 1 spiro atoms. The Balaban J connectivity index is 1.66. The maximum Gasteiger partial charge on any atom is 0.312 e. The molecule has 0 radical (unpaired) electrons. The number of hydrogen-bond donors (Lipinski definition) is 2. The number of fused-ring (bicyclic) bond motifs is 1. The number of amides is 3. The molecule has 11 heteroatoms. The minimum atomic E-state index is -1.24. The van der Waals surface area contributed by atoms with Crippen molar-refractivity contribution in [3.63, 3.8) is 0 Å². The van der Waals surface area contributed by atoms with E-state index in [4.69, 9.17) is 9.47 Å². The van der Waals surface area contributed by atoms with Gasteiger partial charge in [0, 0.05) is 23.8 Å². The molecule has 2 N–H and O–H groups in total. The molecule has 0 aromatic carbocycles. The number of carbonyl (C=O) groups is 4. The number of aliphatic hydroxyl groups excluding tert-OH is 1. The standard InChI is InChI=1S/C33H50BrN3O7/c1-6-8-14-25(39)35-18-21(5)43-32(42)26-27-30(40)37(23(19-38)16-20(3)4)29(33(27)17-24(34)28(26)44-33)31(41)36(15-7-2)22-12-10-9-11-13-22/h6-7,20-24,26-29,38H,1-2,8-19H2,3-5H3,(H,35,39)/t21-,23-,24?,26-,27+,28-,29-,33+/m1/s1. The number of rotatable bonds is 15. The van der Waals surface area contributed by atoms with Crippen LogP contribution in [0.1, 0.15) is 78.6 Å². The first kappa shape index (κ1) is 34.6. The summed E-state index contributed by atoms with van der Waals surface area (Å²) in [7, 11) is 0. The van der Waals surface area contributed by atoms with Crippen molar-refractivity contribution in [1.29, 1.82) is 0 Å². The Morgan fingerprint density at radius 3 is 2.52 bits per heavy atom. The summed E-state index contributed by atoms with van der Waals surface area (Å²) >= 11 is 3.71. The first-order chi connectivity index (χ1) is 21.0. The fourth-order valence-electron chi connectivity index (χ4n) is 7.84. The maximum atomic E-state index is 14.8. The Hall–Kier alpha value is -2.24. The zero-order valence-corrected chi connectivity index (χ0v) is 28.0. The van der Waals surface area contributed by atoms with E-state index in [9.17, 15) is 24.3 Å². The third-order valence-corrected chi connectivity index (χ3v) is 10.5. The molecular formula is C33H50BrN3O7. The lowest BCUT2D eigenvalue weighted by atomic mass is 9.70. The third-order valence-electron chi connectivity index (χ3n) is 9.68. The molecule has 10 nitrogen and oxygen atoms in total. The number of nitrogens with one attached hydrogen (secondary N) is 1. The van der Waals surface area contributed by atoms with Gasteiger partial charge in [0.25, 0.3) is 0 Å². The molecule has 1 unspecified atom stereocenters. The van der Waals surface area contributed by atoms with Crippen LogP contribution >= 0.6 is 15.9 Å². The number of likely N-dealkylation sites (tertiary alicyclic amines) is 1. The SMILES string of the molecule is C=CCCC(=O)NC[C@@H](C)OC(=O)[C@H]1[C@@H]2O[C@@]3(CC2Br)[C@@H]1C(=O)N([C@@H](CO)CC(C)C)[C@@H]3C(=O)N(CC=C)C1CCCCC1. The number of hydrogen-bond acceptors (Lipinski definition) is 7. The Morgan fingerprint density at radius 1 is 1.20 bits per heavy atom. The number of alkyl halides is 1. The van der Waals surface area contributed by atoms with Crippen molar-refractivity contribution in [1.82, 2.24) is 15.1 Å². The van der Waals surface area contributed by atoms with Gasteiger partial charge in [-0.15, -0.1) is 13.2 Å². The summed E-state index contributed by atoms with van der Waals surface area (Å²) in [5.74, 6) is -3.00. The summed E-state index contributed by atoms with van der Waals surface area (Å²) in [4.78, 5) is 58.3.